The Labute approximate surface area is 100 Å². The number of nitrogen functional groups attached to an aromatic ring is 1. The van der Waals surface area contributed by atoms with E-state index in [1.165, 1.54) is 6.26 Å². The topological polar surface area (TPSA) is 109 Å². The molecule has 0 spiro atoms. The van der Waals surface area contributed by atoms with Crippen LogP contribution in [-0.2, 0) is 0 Å². The number of nitrogens with two attached hydrogens (primary N) is 1. The Hall–Kier alpha value is -2.94. The van der Waals surface area contributed by atoms with Gasteiger partial charge in [-0.2, -0.15) is 5.26 Å². The van der Waals surface area contributed by atoms with Gasteiger partial charge in [-0.25, -0.2) is 4.79 Å². The summed E-state index contributed by atoms with van der Waals surface area (Å²) in [5, 5.41) is 9.00. The standard InChI is InChI=1S/C12H7N3O3/c13-4-7-8(5-17-11(7)14)6-1-2-10-9(3-6)15-12(16)18-10/h1-3,5H,14H2,(H,15,16). The number of hydrogen-bond donors (Lipinski definition) is 2. The zero-order valence-corrected chi connectivity index (χ0v) is 9.06. The second-order valence-electron chi connectivity index (χ2n) is 3.73. The van der Waals surface area contributed by atoms with E-state index in [2.05, 4.69) is 4.98 Å². The van der Waals surface area contributed by atoms with Crippen LogP contribution in [0.25, 0.3) is 22.2 Å². The minimum atomic E-state index is -0.519. The minimum Gasteiger partial charge on any atom is -0.447 e. The zero-order valence-electron chi connectivity index (χ0n) is 9.06. The first-order valence-corrected chi connectivity index (χ1v) is 5.09. The molecule has 18 heavy (non-hydrogen) atoms. The average Bonchev–Trinajstić information content (AvgIpc) is 2.89. The number of furan rings is 1. The molecule has 0 unspecified atom stereocenters. The molecular weight excluding hydrogens is 234 g/mol. The molecule has 6 heteroatoms. The highest BCUT2D eigenvalue weighted by atomic mass is 16.4. The predicted molar refractivity (Wildman–Crippen MR) is 63.7 cm³/mol. The molecular formula is C12H7N3O3. The number of fused-ring (bicyclic) bond motifs is 1. The maximum atomic E-state index is 11.1. The summed E-state index contributed by atoms with van der Waals surface area (Å²) in [6.45, 7) is 0. The van der Waals surface area contributed by atoms with Crippen LogP contribution in [0.3, 0.4) is 0 Å². The first kappa shape index (κ1) is 10.2. The number of benzene rings is 1. The molecule has 3 aromatic rings. The number of aromatic amines is 1. The van der Waals surface area contributed by atoms with E-state index in [1.807, 2.05) is 6.07 Å². The van der Waals surface area contributed by atoms with Gasteiger partial charge >= 0.3 is 5.76 Å². The Bertz CT molecular complexity index is 832. The normalized spacial score (nSPS) is 10.6. The third-order valence-corrected chi connectivity index (χ3v) is 2.66. The predicted octanol–water partition coefficient (Wildman–Crippen LogP) is 1.83. The number of aromatic nitrogens is 1. The number of anilines is 1. The van der Waals surface area contributed by atoms with E-state index in [0.29, 0.717) is 16.7 Å². The van der Waals surface area contributed by atoms with E-state index >= 15 is 0 Å². The molecule has 0 fully saturated rings. The molecule has 1 aromatic carbocycles. The molecule has 3 N–H and O–H groups in total. The molecule has 0 aliphatic carbocycles. The number of nitrogens with one attached hydrogen (secondary N) is 1. The Morgan fingerprint density at radius 3 is 3.00 bits per heavy atom. The van der Waals surface area contributed by atoms with Crippen LogP contribution in [0.2, 0.25) is 0 Å². The van der Waals surface area contributed by atoms with E-state index in [9.17, 15) is 4.79 Å². The Balaban J connectivity index is 2.25. The van der Waals surface area contributed by atoms with Gasteiger partial charge in [-0.3, -0.25) is 4.98 Å². The van der Waals surface area contributed by atoms with Crippen LogP contribution < -0.4 is 11.5 Å². The van der Waals surface area contributed by atoms with Gasteiger partial charge in [0.2, 0.25) is 5.88 Å². The van der Waals surface area contributed by atoms with Crippen LogP contribution in [0.1, 0.15) is 5.56 Å². The first-order valence-electron chi connectivity index (χ1n) is 5.09. The number of H-pyrrole nitrogens is 1. The lowest BCUT2D eigenvalue weighted by Gasteiger charge is -1.97. The van der Waals surface area contributed by atoms with Crippen LogP contribution in [0, 0.1) is 11.3 Å². The fraction of sp³-hybridized carbons (Fsp3) is 0. The monoisotopic (exact) mass is 241 g/mol. The quantitative estimate of drug-likeness (QED) is 0.675. The van der Waals surface area contributed by atoms with Gasteiger partial charge in [-0.05, 0) is 17.7 Å². The van der Waals surface area contributed by atoms with Gasteiger partial charge in [-0.1, -0.05) is 6.07 Å². The van der Waals surface area contributed by atoms with Crippen LogP contribution in [0.4, 0.5) is 5.88 Å². The third-order valence-electron chi connectivity index (χ3n) is 2.66. The van der Waals surface area contributed by atoms with Crippen molar-refractivity contribution >= 4 is 17.0 Å². The van der Waals surface area contributed by atoms with Crippen LogP contribution in [0.15, 0.2) is 38.1 Å². The third kappa shape index (κ3) is 1.38. The Morgan fingerprint density at radius 2 is 2.22 bits per heavy atom. The molecule has 3 rings (SSSR count). The lowest BCUT2D eigenvalue weighted by Crippen LogP contribution is -1.92. The summed E-state index contributed by atoms with van der Waals surface area (Å²) < 4.78 is 9.91. The fourth-order valence-electron chi connectivity index (χ4n) is 1.82. The molecule has 0 amide bonds. The van der Waals surface area contributed by atoms with E-state index in [0.717, 1.165) is 5.56 Å². The van der Waals surface area contributed by atoms with Crippen molar-refractivity contribution in [3.8, 4) is 17.2 Å². The Kier molecular flexibility index (Phi) is 2.01. The van der Waals surface area contributed by atoms with Crippen molar-refractivity contribution < 1.29 is 8.83 Å². The maximum Gasteiger partial charge on any atom is 0.417 e. The summed E-state index contributed by atoms with van der Waals surface area (Å²) in [7, 11) is 0. The van der Waals surface area contributed by atoms with Gasteiger partial charge in [0.1, 0.15) is 17.9 Å². The van der Waals surface area contributed by atoms with Crippen LogP contribution in [0.5, 0.6) is 0 Å². The van der Waals surface area contributed by atoms with Crippen molar-refractivity contribution in [3.63, 3.8) is 0 Å². The molecule has 0 radical (unpaired) electrons. The van der Waals surface area contributed by atoms with Gasteiger partial charge in [0.05, 0.1) is 5.52 Å². The van der Waals surface area contributed by atoms with Crippen LogP contribution in [-0.4, -0.2) is 4.98 Å². The molecule has 0 atom stereocenters. The molecule has 88 valence electrons. The molecule has 0 saturated heterocycles. The van der Waals surface area contributed by atoms with E-state index < -0.39 is 5.76 Å². The van der Waals surface area contributed by atoms with Gasteiger partial charge in [0.15, 0.2) is 5.58 Å². The SMILES string of the molecule is N#Cc1c(-c2ccc3oc(=O)[nH]c3c2)coc1N. The second kappa shape index (κ2) is 3.53. The highest BCUT2D eigenvalue weighted by molar-refractivity contribution is 5.83. The average molecular weight is 241 g/mol. The van der Waals surface area contributed by atoms with Crippen molar-refractivity contribution in [1.82, 2.24) is 4.98 Å². The summed E-state index contributed by atoms with van der Waals surface area (Å²) in [6, 6.07) is 7.05. The molecule has 0 aliphatic heterocycles. The number of nitrogens with zero attached hydrogens (tertiary/aromatic N) is 1. The molecule has 6 nitrogen and oxygen atoms in total. The van der Waals surface area contributed by atoms with Gasteiger partial charge in [0.25, 0.3) is 0 Å². The lowest BCUT2D eigenvalue weighted by atomic mass is 10.0. The van der Waals surface area contributed by atoms with Crippen molar-refractivity contribution in [2.75, 3.05) is 5.73 Å². The fourth-order valence-corrected chi connectivity index (χ4v) is 1.82. The van der Waals surface area contributed by atoms with E-state index in [1.54, 1.807) is 18.2 Å². The van der Waals surface area contributed by atoms with Crippen molar-refractivity contribution in [3.05, 3.63) is 40.6 Å². The van der Waals surface area contributed by atoms with Crippen molar-refractivity contribution in [2.45, 2.75) is 0 Å². The first-order chi connectivity index (χ1) is 8.69. The Morgan fingerprint density at radius 1 is 1.39 bits per heavy atom. The van der Waals surface area contributed by atoms with Crippen molar-refractivity contribution in [1.29, 1.82) is 5.26 Å². The van der Waals surface area contributed by atoms with Gasteiger partial charge in [0, 0.05) is 5.56 Å². The number of oxazole rings is 1. The summed E-state index contributed by atoms with van der Waals surface area (Å²) in [5.74, 6) is -0.442. The summed E-state index contributed by atoms with van der Waals surface area (Å²) in [6.07, 6.45) is 1.41. The second-order valence-corrected chi connectivity index (χ2v) is 3.73. The summed E-state index contributed by atoms with van der Waals surface area (Å²) in [4.78, 5) is 13.6. The summed E-state index contributed by atoms with van der Waals surface area (Å²) >= 11 is 0. The smallest absolute Gasteiger partial charge is 0.417 e. The number of nitriles is 1. The van der Waals surface area contributed by atoms with E-state index in [-0.39, 0.29) is 11.4 Å². The molecule has 0 bridgehead atoms. The highest BCUT2D eigenvalue weighted by Crippen LogP contribution is 2.30. The number of hydrogen-bond acceptors (Lipinski definition) is 5. The molecule has 0 saturated carbocycles. The molecule has 2 heterocycles. The highest BCUT2D eigenvalue weighted by Gasteiger charge is 2.13. The number of rotatable bonds is 1. The van der Waals surface area contributed by atoms with E-state index in [4.69, 9.17) is 19.8 Å². The largest absolute Gasteiger partial charge is 0.447 e. The maximum absolute atomic E-state index is 11.1. The lowest BCUT2D eigenvalue weighted by molar-refractivity contribution is 0.555. The summed E-state index contributed by atoms with van der Waals surface area (Å²) in [5.41, 5.74) is 8.13. The van der Waals surface area contributed by atoms with Gasteiger partial charge < -0.3 is 14.6 Å². The molecule has 2 aromatic heterocycles. The van der Waals surface area contributed by atoms with Crippen LogP contribution >= 0.6 is 0 Å². The zero-order chi connectivity index (χ0) is 12.7. The minimum absolute atomic E-state index is 0.0771. The van der Waals surface area contributed by atoms with Crippen molar-refractivity contribution in [2.24, 2.45) is 0 Å². The molecule has 0 aliphatic rings. The van der Waals surface area contributed by atoms with Gasteiger partial charge in [-0.15, -0.1) is 0 Å².